The lowest BCUT2D eigenvalue weighted by atomic mass is 10.1. The van der Waals surface area contributed by atoms with E-state index in [4.69, 9.17) is 9.47 Å². The first-order valence-corrected chi connectivity index (χ1v) is 11.0. The summed E-state index contributed by atoms with van der Waals surface area (Å²) in [6.07, 6.45) is 1.56. The Morgan fingerprint density at radius 2 is 1.79 bits per heavy atom. The van der Waals surface area contributed by atoms with Crippen LogP contribution in [0.4, 0.5) is 5.69 Å². The number of hydrogen-bond donors (Lipinski definition) is 1. The van der Waals surface area contributed by atoms with Crippen LogP contribution in [0.3, 0.4) is 0 Å². The van der Waals surface area contributed by atoms with Gasteiger partial charge in [-0.3, -0.25) is 4.79 Å². The predicted octanol–water partition coefficient (Wildman–Crippen LogP) is 5.11. The van der Waals surface area contributed by atoms with E-state index in [1.54, 1.807) is 37.5 Å². The van der Waals surface area contributed by atoms with Crippen LogP contribution in [0.5, 0.6) is 5.75 Å². The van der Waals surface area contributed by atoms with Gasteiger partial charge >= 0.3 is 5.97 Å². The fraction of sp³-hybridized carbons (Fsp3) is 0.240. The summed E-state index contributed by atoms with van der Waals surface area (Å²) in [7, 11) is 2.93. The molecule has 3 aromatic rings. The van der Waals surface area contributed by atoms with Gasteiger partial charge in [-0.05, 0) is 75.2 Å². The second-order valence-corrected chi connectivity index (χ2v) is 8.67. The van der Waals surface area contributed by atoms with Crippen LogP contribution in [0.1, 0.15) is 37.7 Å². The van der Waals surface area contributed by atoms with Gasteiger partial charge in [0.2, 0.25) is 0 Å². The number of nitrogens with zero attached hydrogens (tertiary/aromatic N) is 2. The Bertz CT molecular complexity index is 1290. The molecule has 0 aliphatic carbocycles. The maximum atomic E-state index is 12.7. The molecule has 3 rings (SSSR count). The van der Waals surface area contributed by atoms with Gasteiger partial charge in [0, 0.05) is 22.0 Å². The molecule has 0 unspecified atom stereocenters. The molecule has 8 heteroatoms. The third-order valence-corrected chi connectivity index (χ3v) is 6.63. The van der Waals surface area contributed by atoms with E-state index in [1.807, 2.05) is 44.4 Å². The topological polar surface area (TPSA) is 93.4 Å². The Hall–Kier alpha value is -3.83. The van der Waals surface area contributed by atoms with Crippen molar-refractivity contribution in [3.05, 3.63) is 68.9 Å². The number of nitrogens with one attached hydrogen (secondary N) is 1. The largest absolute Gasteiger partial charge is 0.497 e. The van der Waals surface area contributed by atoms with E-state index in [2.05, 4.69) is 5.32 Å². The predicted molar refractivity (Wildman–Crippen MR) is 129 cm³/mol. The van der Waals surface area contributed by atoms with Crippen LogP contribution in [-0.2, 0) is 9.53 Å². The standard InChI is InChI=1S/C25H25N3O4S/c1-14-11-18(12-19(13-26)23(29)27-20-7-9-21(31-5)10-8-20)16(3)28(14)24-22(25(30)32-6)15(2)17(4)33-24/h7-12H,1-6H3,(H,27,29)/b19-12+. The molecular weight excluding hydrogens is 438 g/mol. The number of anilines is 1. The number of carbonyl (C=O) groups is 2. The summed E-state index contributed by atoms with van der Waals surface area (Å²) >= 11 is 1.50. The monoisotopic (exact) mass is 463 g/mol. The number of carbonyl (C=O) groups excluding carboxylic acids is 2. The smallest absolute Gasteiger partial charge is 0.341 e. The lowest BCUT2D eigenvalue weighted by Crippen LogP contribution is -2.13. The van der Waals surface area contributed by atoms with Crippen molar-refractivity contribution in [2.75, 3.05) is 19.5 Å². The molecule has 0 spiro atoms. The maximum absolute atomic E-state index is 12.7. The van der Waals surface area contributed by atoms with Crippen molar-refractivity contribution in [3.63, 3.8) is 0 Å². The first-order chi connectivity index (χ1) is 15.7. The summed E-state index contributed by atoms with van der Waals surface area (Å²) in [5.41, 5.74) is 4.32. The highest BCUT2D eigenvalue weighted by molar-refractivity contribution is 7.15. The van der Waals surface area contributed by atoms with Gasteiger partial charge in [0.25, 0.3) is 5.91 Å². The van der Waals surface area contributed by atoms with Crippen LogP contribution in [0, 0.1) is 39.0 Å². The van der Waals surface area contributed by atoms with Gasteiger partial charge in [0.05, 0.1) is 19.8 Å². The Morgan fingerprint density at radius 1 is 1.12 bits per heavy atom. The van der Waals surface area contributed by atoms with E-state index in [-0.39, 0.29) is 5.57 Å². The lowest BCUT2D eigenvalue weighted by Gasteiger charge is -2.10. The first-order valence-electron chi connectivity index (χ1n) is 10.2. The molecule has 2 aromatic heterocycles. The molecule has 0 fully saturated rings. The number of esters is 1. The summed E-state index contributed by atoms with van der Waals surface area (Å²) in [5, 5.41) is 13.1. The minimum absolute atomic E-state index is 0.0298. The molecular formula is C25H25N3O4S. The minimum Gasteiger partial charge on any atom is -0.497 e. The van der Waals surface area contributed by atoms with Crippen molar-refractivity contribution in [2.45, 2.75) is 27.7 Å². The second kappa shape index (κ2) is 9.76. The average Bonchev–Trinajstić information content (AvgIpc) is 3.25. The van der Waals surface area contributed by atoms with Crippen molar-refractivity contribution >= 4 is 35.0 Å². The molecule has 0 bridgehead atoms. The molecule has 1 N–H and O–H groups in total. The fourth-order valence-corrected chi connectivity index (χ4v) is 4.79. The van der Waals surface area contributed by atoms with Gasteiger partial charge in [0.1, 0.15) is 22.4 Å². The van der Waals surface area contributed by atoms with Gasteiger partial charge in [0.15, 0.2) is 0 Å². The average molecular weight is 464 g/mol. The second-order valence-electron chi connectivity index (χ2n) is 7.47. The van der Waals surface area contributed by atoms with Crippen molar-refractivity contribution in [2.24, 2.45) is 0 Å². The van der Waals surface area contributed by atoms with E-state index >= 15 is 0 Å². The van der Waals surface area contributed by atoms with Gasteiger partial charge in [-0.2, -0.15) is 5.26 Å². The fourth-order valence-electron chi connectivity index (χ4n) is 3.53. The van der Waals surface area contributed by atoms with Gasteiger partial charge in [-0.25, -0.2) is 4.79 Å². The molecule has 0 aliphatic rings. The van der Waals surface area contributed by atoms with Gasteiger partial charge in [-0.15, -0.1) is 11.3 Å². The zero-order valence-corrected chi connectivity index (χ0v) is 20.2. The third-order valence-electron chi connectivity index (χ3n) is 5.44. The normalized spacial score (nSPS) is 11.1. The molecule has 1 aromatic carbocycles. The molecule has 2 heterocycles. The molecule has 170 valence electrons. The number of nitriles is 1. The number of rotatable bonds is 6. The van der Waals surface area contributed by atoms with Gasteiger partial charge in [-0.1, -0.05) is 0 Å². The summed E-state index contributed by atoms with van der Waals surface area (Å²) < 4.78 is 12.1. The Morgan fingerprint density at radius 3 is 2.36 bits per heavy atom. The molecule has 33 heavy (non-hydrogen) atoms. The highest BCUT2D eigenvalue weighted by Crippen LogP contribution is 2.35. The number of thiophene rings is 1. The molecule has 0 aliphatic heterocycles. The molecule has 0 atom stereocenters. The number of benzene rings is 1. The summed E-state index contributed by atoms with van der Waals surface area (Å²) in [6.45, 7) is 7.66. The molecule has 0 radical (unpaired) electrons. The van der Waals surface area contributed by atoms with E-state index in [0.717, 1.165) is 26.8 Å². The number of amides is 1. The quantitative estimate of drug-likeness (QED) is 0.311. The summed E-state index contributed by atoms with van der Waals surface area (Å²) in [4.78, 5) is 26.2. The van der Waals surface area contributed by atoms with E-state index in [9.17, 15) is 14.9 Å². The number of aromatic nitrogens is 1. The number of methoxy groups -OCH3 is 2. The molecule has 0 saturated heterocycles. The van der Waals surface area contributed by atoms with Crippen molar-refractivity contribution in [1.82, 2.24) is 4.57 Å². The van der Waals surface area contributed by atoms with Crippen LogP contribution >= 0.6 is 11.3 Å². The Labute approximate surface area is 196 Å². The van der Waals surface area contributed by atoms with Crippen molar-refractivity contribution in [1.29, 1.82) is 5.26 Å². The Kier molecular flexibility index (Phi) is 7.04. The van der Waals surface area contributed by atoms with Gasteiger partial charge < -0.3 is 19.4 Å². The highest BCUT2D eigenvalue weighted by Gasteiger charge is 2.24. The van der Waals surface area contributed by atoms with Crippen LogP contribution in [0.15, 0.2) is 35.9 Å². The third kappa shape index (κ3) is 4.69. The van der Waals surface area contributed by atoms with E-state index in [0.29, 0.717) is 22.6 Å². The molecule has 0 saturated carbocycles. The number of ether oxygens (including phenoxy) is 2. The van der Waals surface area contributed by atoms with Crippen LogP contribution in [0.2, 0.25) is 0 Å². The van der Waals surface area contributed by atoms with Crippen LogP contribution < -0.4 is 10.1 Å². The first kappa shape index (κ1) is 23.8. The van der Waals surface area contributed by atoms with Crippen molar-refractivity contribution < 1.29 is 19.1 Å². The Balaban J connectivity index is 1.99. The van der Waals surface area contributed by atoms with Crippen molar-refractivity contribution in [3.8, 4) is 16.8 Å². The zero-order chi connectivity index (χ0) is 24.3. The highest BCUT2D eigenvalue weighted by atomic mass is 32.1. The number of hydrogen-bond acceptors (Lipinski definition) is 6. The summed E-state index contributed by atoms with van der Waals surface area (Å²) in [6, 6.07) is 10.7. The molecule has 7 nitrogen and oxygen atoms in total. The zero-order valence-electron chi connectivity index (χ0n) is 19.4. The number of aryl methyl sites for hydroxylation is 2. The minimum atomic E-state index is -0.509. The molecule has 1 amide bonds. The lowest BCUT2D eigenvalue weighted by molar-refractivity contribution is -0.112. The van der Waals surface area contributed by atoms with Crippen LogP contribution in [-0.4, -0.2) is 30.7 Å². The van der Waals surface area contributed by atoms with E-state index in [1.165, 1.54) is 18.4 Å². The van der Waals surface area contributed by atoms with E-state index < -0.39 is 11.9 Å². The summed E-state index contributed by atoms with van der Waals surface area (Å²) in [5.74, 6) is -0.236. The SMILES string of the molecule is COC(=O)c1c(-n2c(C)cc(/C=C(\C#N)C(=O)Nc3ccc(OC)cc3)c2C)sc(C)c1C. The maximum Gasteiger partial charge on any atom is 0.341 e. The van der Waals surface area contributed by atoms with Crippen LogP contribution in [0.25, 0.3) is 11.1 Å².